The van der Waals surface area contributed by atoms with Crippen molar-refractivity contribution in [3.05, 3.63) is 42.0 Å². The summed E-state index contributed by atoms with van der Waals surface area (Å²) in [6.45, 7) is -1.29. The topological polar surface area (TPSA) is 47.6 Å². The van der Waals surface area contributed by atoms with Gasteiger partial charge >= 0.3 is 6.18 Å². The number of carbonyl (C=O) groups is 1. The minimum absolute atomic E-state index is 0.110. The summed E-state index contributed by atoms with van der Waals surface area (Å²) in [7, 11) is 1.60. The van der Waals surface area contributed by atoms with Crippen molar-refractivity contribution >= 4 is 16.7 Å². The van der Waals surface area contributed by atoms with Crippen molar-refractivity contribution in [1.29, 1.82) is 0 Å². The molecule has 0 aliphatic rings. The second-order valence-corrected chi connectivity index (χ2v) is 5.24. The average Bonchev–Trinajstić information content (AvgIpc) is 2.55. The number of methoxy groups -OCH3 is 1. The zero-order valence-corrected chi connectivity index (χ0v) is 13.2. The Kier molecular flexibility index (Phi) is 6.03. The molecule has 2 aromatic carbocycles. The Labute approximate surface area is 137 Å². The van der Waals surface area contributed by atoms with Gasteiger partial charge in [-0.3, -0.25) is 4.79 Å². The first-order valence-electron chi connectivity index (χ1n) is 7.35. The van der Waals surface area contributed by atoms with Crippen LogP contribution in [-0.2, 0) is 16.1 Å². The quantitative estimate of drug-likeness (QED) is 0.785. The number of hydrogen-bond acceptors (Lipinski definition) is 3. The maximum atomic E-state index is 11.9. The second kappa shape index (κ2) is 8.01. The fourth-order valence-electron chi connectivity index (χ4n) is 2.15. The molecule has 1 amide bonds. The molecule has 0 bridgehead atoms. The molecule has 0 fully saturated rings. The van der Waals surface area contributed by atoms with E-state index in [1.54, 1.807) is 7.11 Å². The molecule has 0 spiro atoms. The smallest absolute Gasteiger partial charge is 0.411 e. The van der Waals surface area contributed by atoms with Crippen molar-refractivity contribution in [2.75, 3.05) is 20.3 Å². The first kappa shape index (κ1) is 18.1. The summed E-state index contributed by atoms with van der Waals surface area (Å²) < 4.78 is 45.2. The molecular weight excluding hydrogens is 323 g/mol. The first-order valence-corrected chi connectivity index (χ1v) is 7.35. The average molecular weight is 341 g/mol. The fraction of sp³-hybridized carbons (Fsp3) is 0.353. The zero-order valence-electron chi connectivity index (χ0n) is 13.2. The SMILES string of the molecule is COc1ccc2cc(CNC(=O)CCOCC(F)(F)F)ccc2c1. The van der Waals surface area contributed by atoms with E-state index in [0.29, 0.717) is 6.54 Å². The molecule has 0 aliphatic carbocycles. The van der Waals surface area contributed by atoms with E-state index in [9.17, 15) is 18.0 Å². The highest BCUT2D eigenvalue weighted by Gasteiger charge is 2.27. The van der Waals surface area contributed by atoms with Crippen molar-refractivity contribution in [3.63, 3.8) is 0 Å². The third-order valence-corrected chi connectivity index (χ3v) is 3.34. The van der Waals surface area contributed by atoms with Crippen molar-refractivity contribution in [2.24, 2.45) is 0 Å². The van der Waals surface area contributed by atoms with E-state index >= 15 is 0 Å². The molecule has 0 unspecified atom stereocenters. The van der Waals surface area contributed by atoms with Gasteiger partial charge < -0.3 is 14.8 Å². The summed E-state index contributed by atoms with van der Waals surface area (Å²) in [5.41, 5.74) is 0.900. The predicted octanol–water partition coefficient (Wildman–Crippen LogP) is 3.43. The molecule has 0 saturated carbocycles. The Morgan fingerprint density at radius 3 is 2.54 bits per heavy atom. The number of amides is 1. The van der Waals surface area contributed by atoms with Gasteiger partial charge in [0.15, 0.2) is 0 Å². The Balaban J connectivity index is 1.81. The lowest BCUT2D eigenvalue weighted by atomic mass is 10.1. The molecule has 0 radical (unpaired) electrons. The van der Waals surface area contributed by atoms with Crippen LogP contribution >= 0.6 is 0 Å². The van der Waals surface area contributed by atoms with Gasteiger partial charge in [-0.1, -0.05) is 18.2 Å². The van der Waals surface area contributed by atoms with Gasteiger partial charge in [0.1, 0.15) is 12.4 Å². The summed E-state index contributed by atoms with van der Waals surface area (Å²) in [4.78, 5) is 11.6. The molecule has 0 atom stereocenters. The Morgan fingerprint density at radius 2 is 1.83 bits per heavy atom. The normalized spacial score (nSPS) is 11.5. The molecule has 0 aromatic heterocycles. The molecule has 0 saturated heterocycles. The fourth-order valence-corrected chi connectivity index (χ4v) is 2.15. The molecule has 2 rings (SSSR count). The number of carbonyl (C=O) groups excluding carboxylic acids is 1. The van der Waals surface area contributed by atoms with E-state index in [-0.39, 0.29) is 18.9 Å². The highest BCUT2D eigenvalue weighted by Crippen LogP contribution is 2.21. The molecule has 0 heterocycles. The van der Waals surface area contributed by atoms with Crippen LogP contribution < -0.4 is 10.1 Å². The van der Waals surface area contributed by atoms with Gasteiger partial charge in [-0.05, 0) is 34.5 Å². The molecule has 24 heavy (non-hydrogen) atoms. The van der Waals surface area contributed by atoms with Crippen molar-refractivity contribution in [3.8, 4) is 5.75 Å². The summed E-state index contributed by atoms with van der Waals surface area (Å²) in [5, 5.41) is 4.69. The molecule has 2 aromatic rings. The first-order chi connectivity index (χ1) is 11.4. The van der Waals surface area contributed by atoms with Crippen LogP contribution in [0.5, 0.6) is 5.75 Å². The monoisotopic (exact) mass is 341 g/mol. The maximum Gasteiger partial charge on any atom is 0.411 e. The van der Waals surface area contributed by atoms with E-state index < -0.39 is 12.8 Å². The van der Waals surface area contributed by atoms with Gasteiger partial charge in [0, 0.05) is 13.0 Å². The number of halogens is 3. The minimum Gasteiger partial charge on any atom is -0.497 e. The maximum absolute atomic E-state index is 11.9. The number of nitrogens with one attached hydrogen (secondary N) is 1. The number of benzene rings is 2. The number of alkyl halides is 3. The largest absolute Gasteiger partial charge is 0.497 e. The zero-order chi connectivity index (χ0) is 17.6. The van der Waals surface area contributed by atoms with Gasteiger partial charge in [-0.15, -0.1) is 0 Å². The minimum atomic E-state index is -4.37. The third kappa shape index (κ3) is 5.73. The van der Waals surface area contributed by atoms with Gasteiger partial charge in [0.05, 0.1) is 13.7 Å². The van der Waals surface area contributed by atoms with Crippen LogP contribution in [0.25, 0.3) is 10.8 Å². The summed E-state index contributed by atoms with van der Waals surface area (Å²) in [6.07, 6.45) is -4.48. The Hall–Kier alpha value is -2.28. The van der Waals surface area contributed by atoms with E-state index in [1.807, 2.05) is 36.4 Å². The molecular formula is C17H18F3NO3. The summed E-state index contributed by atoms with van der Waals surface area (Å²) >= 11 is 0. The second-order valence-electron chi connectivity index (χ2n) is 5.24. The Morgan fingerprint density at radius 1 is 1.12 bits per heavy atom. The van der Waals surface area contributed by atoms with Crippen LogP contribution in [-0.4, -0.2) is 32.4 Å². The highest BCUT2D eigenvalue weighted by molar-refractivity contribution is 5.84. The van der Waals surface area contributed by atoms with Crippen LogP contribution in [0.2, 0.25) is 0 Å². The van der Waals surface area contributed by atoms with E-state index in [0.717, 1.165) is 22.1 Å². The van der Waals surface area contributed by atoms with E-state index in [4.69, 9.17) is 4.74 Å². The molecule has 1 N–H and O–H groups in total. The van der Waals surface area contributed by atoms with Crippen LogP contribution in [0.4, 0.5) is 13.2 Å². The Bertz CT molecular complexity index is 701. The van der Waals surface area contributed by atoms with Crippen LogP contribution in [0.1, 0.15) is 12.0 Å². The summed E-state index contributed by atoms with van der Waals surface area (Å²) in [6, 6.07) is 11.4. The van der Waals surface area contributed by atoms with Gasteiger partial charge in [0.25, 0.3) is 0 Å². The van der Waals surface area contributed by atoms with Crippen LogP contribution in [0.3, 0.4) is 0 Å². The van der Waals surface area contributed by atoms with Crippen molar-refractivity contribution in [2.45, 2.75) is 19.1 Å². The van der Waals surface area contributed by atoms with Gasteiger partial charge in [0.2, 0.25) is 5.91 Å². The molecule has 4 nitrogen and oxygen atoms in total. The predicted molar refractivity (Wildman–Crippen MR) is 83.8 cm³/mol. The highest BCUT2D eigenvalue weighted by atomic mass is 19.4. The lowest BCUT2D eigenvalue weighted by Crippen LogP contribution is -2.25. The number of ether oxygens (including phenoxy) is 2. The van der Waals surface area contributed by atoms with Gasteiger partial charge in [-0.2, -0.15) is 13.2 Å². The number of rotatable bonds is 7. The standard InChI is InChI=1S/C17H18F3NO3/c1-23-15-5-4-13-8-12(2-3-14(13)9-15)10-21-16(22)6-7-24-11-17(18,19)20/h2-5,8-9H,6-7,10-11H2,1H3,(H,21,22). The van der Waals surface area contributed by atoms with E-state index in [1.165, 1.54) is 0 Å². The van der Waals surface area contributed by atoms with Crippen molar-refractivity contribution in [1.82, 2.24) is 5.32 Å². The number of hydrogen-bond donors (Lipinski definition) is 1. The van der Waals surface area contributed by atoms with E-state index in [2.05, 4.69) is 10.1 Å². The molecule has 130 valence electrons. The lowest BCUT2D eigenvalue weighted by Gasteiger charge is -2.09. The number of fused-ring (bicyclic) bond motifs is 1. The third-order valence-electron chi connectivity index (χ3n) is 3.34. The van der Waals surface area contributed by atoms with Crippen molar-refractivity contribution < 1.29 is 27.4 Å². The lowest BCUT2D eigenvalue weighted by molar-refractivity contribution is -0.174. The van der Waals surface area contributed by atoms with Crippen LogP contribution in [0, 0.1) is 0 Å². The van der Waals surface area contributed by atoms with Crippen LogP contribution in [0.15, 0.2) is 36.4 Å². The molecule has 0 aliphatic heterocycles. The van der Waals surface area contributed by atoms with Gasteiger partial charge in [-0.25, -0.2) is 0 Å². The summed E-state index contributed by atoms with van der Waals surface area (Å²) in [5.74, 6) is 0.411. The molecule has 7 heteroatoms.